The molecule has 3 rings (SSSR count). The predicted molar refractivity (Wildman–Crippen MR) is 76.5 cm³/mol. The van der Waals surface area contributed by atoms with Gasteiger partial charge in [-0.15, -0.1) is 16.4 Å². The van der Waals surface area contributed by atoms with Crippen LogP contribution in [0.5, 0.6) is 5.75 Å². The summed E-state index contributed by atoms with van der Waals surface area (Å²) in [6.45, 7) is 2.83. The maximum Gasteiger partial charge on any atom is 0.241 e. The van der Waals surface area contributed by atoms with Crippen molar-refractivity contribution in [2.24, 2.45) is 0 Å². The second kappa shape index (κ2) is 4.89. The van der Waals surface area contributed by atoms with Crippen LogP contribution in [-0.4, -0.2) is 21.2 Å². The number of hydrogen-bond acceptors (Lipinski definition) is 5. The molecule has 0 saturated heterocycles. The zero-order valence-corrected chi connectivity index (χ0v) is 11.4. The Kier molecular flexibility index (Phi) is 3.08. The highest BCUT2D eigenvalue weighted by molar-refractivity contribution is 7.15. The maximum absolute atomic E-state index is 5.60. The van der Waals surface area contributed by atoms with Crippen molar-refractivity contribution in [2.45, 2.75) is 13.3 Å². The summed E-state index contributed by atoms with van der Waals surface area (Å²) >= 11 is 1.53. The van der Waals surface area contributed by atoms with Gasteiger partial charge in [0.1, 0.15) is 5.75 Å². The number of nitrogen functional groups attached to an aromatic ring is 1. The number of anilines is 1. The molecule has 0 atom stereocenters. The number of ether oxygens (including phenoxy) is 1. The minimum absolute atomic E-state index is 0.302. The van der Waals surface area contributed by atoms with Gasteiger partial charge in [-0.25, -0.2) is 4.52 Å². The minimum atomic E-state index is 0.302. The first-order chi connectivity index (χ1) is 9.28. The fourth-order valence-corrected chi connectivity index (χ4v) is 2.67. The molecule has 2 aromatic heterocycles. The maximum atomic E-state index is 5.60. The van der Waals surface area contributed by atoms with Crippen molar-refractivity contribution in [3.63, 3.8) is 0 Å². The summed E-state index contributed by atoms with van der Waals surface area (Å²) in [5.74, 6) is 1.19. The fraction of sp³-hybridized carbons (Fsp3) is 0.231. The first kappa shape index (κ1) is 12.0. The first-order valence-corrected chi connectivity index (χ1v) is 6.99. The Labute approximate surface area is 114 Å². The lowest BCUT2D eigenvalue weighted by Gasteiger charge is -2.05. The monoisotopic (exact) mass is 274 g/mol. The molecular weight excluding hydrogens is 260 g/mol. The van der Waals surface area contributed by atoms with Crippen LogP contribution in [0.2, 0.25) is 0 Å². The highest BCUT2D eigenvalue weighted by Gasteiger charge is 2.09. The fourth-order valence-electron chi connectivity index (χ4n) is 1.84. The molecule has 2 heterocycles. The van der Waals surface area contributed by atoms with Gasteiger partial charge < -0.3 is 10.5 Å². The van der Waals surface area contributed by atoms with Crippen molar-refractivity contribution in [3.05, 3.63) is 29.6 Å². The molecule has 19 heavy (non-hydrogen) atoms. The van der Waals surface area contributed by atoms with Crippen molar-refractivity contribution >= 4 is 22.2 Å². The largest absolute Gasteiger partial charge is 0.494 e. The summed E-state index contributed by atoms with van der Waals surface area (Å²) in [6.07, 6.45) is 1.01. The van der Waals surface area contributed by atoms with Crippen LogP contribution >= 0.6 is 11.3 Å². The normalized spacial score (nSPS) is 11.0. The van der Waals surface area contributed by atoms with Crippen molar-refractivity contribution in [2.75, 3.05) is 12.3 Å². The van der Waals surface area contributed by atoms with E-state index < -0.39 is 0 Å². The second-order valence-electron chi connectivity index (χ2n) is 4.16. The van der Waals surface area contributed by atoms with E-state index in [2.05, 4.69) is 17.0 Å². The van der Waals surface area contributed by atoms with E-state index in [-0.39, 0.29) is 0 Å². The summed E-state index contributed by atoms with van der Waals surface area (Å²) in [7, 11) is 0. The summed E-state index contributed by atoms with van der Waals surface area (Å²) in [5, 5.41) is 6.21. The Bertz CT molecular complexity index is 686. The number of nitrogens with zero attached hydrogens (tertiary/aromatic N) is 3. The van der Waals surface area contributed by atoms with Crippen LogP contribution in [0.15, 0.2) is 29.6 Å². The van der Waals surface area contributed by atoms with Crippen LogP contribution in [0, 0.1) is 0 Å². The van der Waals surface area contributed by atoms with E-state index in [9.17, 15) is 0 Å². The highest BCUT2D eigenvalue weighted by Crippen LogP contribution is 2.27. The molecule has 0 amide bonds. The second-order valence-corrected chi connectivity index (χ2v) is 4.99. The molecule has 0 radical (unpaired) electrons. The molecule has 1 aromatic carbocycles. The molecule has 0 aliphatic heterocycles. The smallest absolute Gasteiger partial charge is 0.241 e. The third kappa shape index (κ3) is 2.26. The van der Waals surface area contributed by atoms with Crippen molar-refractivity contribution in [1.82, 2.24) is 14.6 Å². The van der Waals surface area contributed by atoms with E-state index in [1.165, 1.54) is 11.3 Å². The van der Waals surface area contributed by atoms with E-state index >= 15 is 0 Å². The van der Waals surface area contributed by atoms with Crippen LogP contribution in [-0.2, 0) is 0 Å². The molecule has 3 aromatic rings. The number of aromatic nitrogens is 3. The zero-order valence-electron chi connectivity index (χ0n) is 10.5. The third-order valence-corrected chi connectivity index (χ3v) is 3.54. The number of nitrogens with two attached hydrogens (primary N) is 1. The van der Waals surface area contributed by atoms with Gasteiger partial charge in [-0.2, -0.15) is 4.98 Å². The number of rotatable bonds is 4. The molecule has 0 saturated carbocycles. The topological polar surface area (TPSA) is 65.4 Å². The molecule has 2 N–H and O–H groups in total. The number of hydrogen-bond donors (Lipinski definition) is 1. The molecule has 0 unspecified atom stereocenters. The van der Waals surface area contributed by atoms with Crippen molar-refractivity contribution in [1.29, 1.82) is 0 Å². The Balaban J connectivity index is 1.93. The number of benzene rings is 1. The minimum Gasteiger partial charge on any atom is -0.494 e. The van der Waals surface area contributed by atoms with Gasteiger partial charge in [-0.1, -0.05) is 6.92 Å². The zero-order chi connectivity index (χ0) is 13.2. The standard InChI is InChI=1S/C13H14N4OS/c1-2-7-18-10-5-3-9(4-6-10)11-8-19-13-15-12(14)16-17(11)13/h3-6,8H,2,7H2,1H3,(H2,14,16). The average Bonchev–Trinajstić information content (AvgIpc) is 2.96. The van der Waals surface area contributed by atoms with Gasteiger partial charge in [0.25, 0.3) is 0 Å². The van der Waals surface area contributed by atoms with Gasteiger partial charge in [0.05, 0.1) is 12.3 Å². The molecular formula is C13H14N4OS. The van der Waals surface area contributed by atoms with E-state index in [4.69, 9.17) is 10.5 Å². The Morgan fingerprint density at radius 2 is 2.11 bits per heavy atom. The van der Waals surface area contributed by atoms with Crippen LogP contribution < -0.4 is 10.5 Å². The number of thiazole rings is 1. The van der Waals surface area contributed by atoms with Gasteiger partial charge in [0.2, 0.25) is 10.9 Å². The lowest BCUT2D eigenvalue weighted by Crippen LogP contribution is -1.95. The molecule has 0 spiro atoms. The van der Waals surface area contributed by atoms with Gasteiger partial charge >= 0.3 is 0 Å². The first-order valence-electron chi connectivity index (χ1n) is 6.11. The van der Waals surface area contributed by atoms with Gasteiger partial charge in [0.15, 0.2) is 0 Å². The summed E-state index contributed by atoms with van der Waals surface area (Å²) < 4.78 is 7.33. The molecule has 0 bridgehead atoms. The van der Waals surface area contributed by atoms with E-state index in [0.717, 1.165) is 35.0 Å². The molecule has 0 aliphatic rings. The van der Waals surface area contributed by atoms with E-state index in [1.54, 1.807) is 4.52 Å². The summed E-state index contributed by atoms with van der Waals surface area (Å²) in [4.78, 5) is 4.95. The Morgan fingerprint density at radius 3 is 2.84 bits per heavy atom. The van der Waals surface area contributed by atoms with Gasteiger partial charge in [-0.05, 0) is 30.7 Å². The number of fused-ring (bicyclic) bond motifs is 1. The third-order valence-electron chi connectivity index (χ3n) is 2.72. The van der Waals surface area contributed by atoms with Crippen molar-refractivity contribution in [3.8, 4) is 17.0 Å². The van der Waals surface area contributed by atoms with Crippen LogP contribution in [0.3, 0.4) is 0 Å². The Morgan fingerprint density at radius 1 is 1.32 bits per heavy atom. The lowest BCUT2D eigenvalue weighted by molar-refractivity contribution is 0.317. The summed E-state index contributed by atoms with van der Waals surface area (Å²) in [6, 6.07) is 7.97. The molecule has 5 nitrogen and oxygen atoms in total. The molecule has 98 valence electrons. The lowest BCUT2D eigenvalue weighted by atomic mass is 10.2. The summed E-state index contributed by atoms with van der Waals surface area (Å²) in [5.41, 5.74) is 7.67. The molecule has 0 fully saturated rings. The average molecular weight is 274 g/mol. The van der Waals surface area contributed by atoms with Gasteiger partial charge in [-0.3, -0.25) is 0 Å². The molecule has 6 heteroatoms. The van der Waals surface area contributed by atoms with E-state index in [0.29, 0.717) is 5.95 Å². The highest BCUT2D eigenvalue weighted by atomic mass is 32.1. The predicted octanol–water partition coefficient (Wildman–Crippen LogP) is 2.83. The van der Waals surface area contributed by atoms with Crippen molar-refractivity contribution < 1.29 is 4.74 Å². The van der Waals surface area contributed by atoms with Crippen LogP contribution in [0.25, 0.3) is 16.2 Å². The SMILES string of the molecule is CCCOc1ccc(-c2csc3nc(N)nn23)cc1. The van der Waals surface area contributed by atoms with Crippen LogP contribution in [0.1, 0.15) is 13.3 Å². The van der Waals surface area contributed by atoms with Gasteiger partial charge in [0, 0.05) is 10.9 Å². The quantitative estimate of drug-likeness (QED) is 0.794. The Hall–Kier alpha value is -2.08. The molecule has 0 aliphatic carbocycles. The van der Waals surface area contributed by atoms with E-state index in [1.807, 2.05) is 29.6 Å². The van der Waals surface area contributed by atoms with Crippen LogP contribution in [0.4, 0.5) is 5.95 Å².